The average Bonchev–Trinajstić information content (AvgIpc) is 2.38. The Morgan fingerprint density at radius 1 is 1.11 bits per heavy atom. The molecular formula is C17H20N2. The Kier molecular flexibility index (Phi) is 3.85. The molecule has 0 unspecified atom stereocenters. The molecule has 0 fully saturated rings. The molecular weight excluding hydrogens is 232 g/mol. The van der Waals surface area contributed by atoms with Crippen molar-refractivity contribution < 1.29 is 0 Å². The molecule has 0 bridgehead atoms. The van der Waals surface area contributed by atoms with Crippen LogP contribution in [0, 0.1) is 11.3 Å². The quantitative estimate of drug-likeness (QED) is 0.803. The normalized spacial score (nSPS) is 11.2. The summed E-state index contributed by atoms with van der Waals surface area (Å²) in [6.07, 6.45) is 0.445. The van der Waals surface area contributed by atoms with E-state index in [0.29, 0.717) is 18.3 Å². The Bertz CT molecular complexity index is 633. The molecule has 0 saturated carbocycles. The molecule has 0 aliphatic carbocycles. The first-order chi connectivity index (χ1) is 9.02. The Morgan fingerprint density at radius 2 is 1.84 bits per heavy atom. The van der Waals surface area contributed by atoms with E-state index < -0.39 is 0 Å². The van der Waals surface area contributed by atoms with Gasteiger partial charge in [-0.15, -0.1) is 0 Å². The highest BCUT2D eigenvalue weighted by Crippen LogP contribution is 2.26. The third kappa shape index (κ3) is 2.76. The summed E-state index contributed by atoms with van der Waals surface area (Å²) in [5, 5.41) is 10.1. The smallest absolute Gasteiger partial charge is 0.0708 e. The van der Waals surface area contributed by atoms with Crippen molar-refractivity contribution in [2.75, 3.05) is 0 Å². The molecule has 1 aromatic heterocycles. The van der Waals surface area contributed by atoms with Crippen LogP contribution in [0.2, 0.25) is 0 Å². The van der Waals surface area contributed by atoms with Crippen molar-refractivity contribution in [1.82, 2.24) is 4.98 Å². The molecule has 1 aromatic carbocycles. The van der Waals surface area contributed by atoms with E-state index in [2.05, 4.69) is 58.0 Å². The molecule has 0 N–H and O–H groups in total. The van der Waals surface area contributed by atoms with E-state index in [1.165, 1.54) is 5.56 Å². The van der Waals surface area contributed by atoms with Gasteiger partial charge < -0.3 is 0 Å². The van der Waals surface area contributed by atoms with E-state index >= 15 is 0 Å². The molecule has 1 heterocycles. The minimum absolute atomic E-state index is 0.381. The number of benzene rings is 1. The van der Waals surface area contributed by atoms with E-state index in [4.69, 9.17) is 10.2 Å². The van der Waals surface area contributed by atoms with Gasteiger partial charge >= 0.3 is 0 Å². The summed E-state index contributed by atoms with van der Waals surface area (Å²) in [5.41, 5.74) is 4.46. The van der Waals surface area contributed by atoms with E-state index in [0.717, 1.165) is 22.2 Å². The van der Waals surface area contributed by atoms with Crippen LogP contribution in [0.15, 0.2) is 24.3 Å². The maximum absolute atomic E-state index is 9.02. The molecule has 2 aromatic rings. The Labute approximate surface area is 115 Å². The van der Waals surface area contributed by atoms with Crippen molar-refractivity contribution in [3.8, 4) is 6.07 Å². The molecule has 0 radical (unpaired) electrons. The lowest BCUT2D eigenvalue weighted by molar-refractivity contribution is 0.826. The lowest BCUT2D eigenvalue weighted by atomic mass is 9.96. The largest absolute Gasteiger partial charge is 0.253 e. The fraction of sp³-hybridized carbons (Fsp3) is 0.412. The van der Waals surface area contributed by atoms with Gasteiger partial charge in [-0.3, -0.25) is 4.98 Å². The van der Waals surface area contributed by atoms with Gasteiger partial charge in [-0.25, -0.2) is 0 Å². The summed E-state index contributed by atoms with van der Waals surface area (Å²) in [4.78, 5) is 4.71. The monoisotopic (exact) mass is 252 g/mol. The molecule has 98 valence electrons. The highest BCUT2D eigenvalue weighted by atomic mass is 14.7. The highest BCUT2D eigenvalue weighted by molar-refractivity contribution is 5.83. The first-order valence-corrected chi connectivity index (χ1v) is 6.83. The van der Waals surface area contributed by atoms with Crippen LogP contribution in [0.1, 0.15) is 56.4 Å². The van der Waals surface area contributed by atoms with E-state index in [9.17, 15) is 0 Å². The maximum Gasteiger partial charge on any atom is 0.0708 e. The second-order valence-electron chi connectivity index (χ2n) is 5.63. The average molecular weight is 252 g/mol. The van der Waals surface area contributed by atoms with Gasteiger partial charge in [0.2, 0.25) is 0 Å². The third-order valence-electron chi connectivity index (χ3n) is 3.47. The molecule has 0 aliphatic rings. The van der Waals surface area contributed by atoms with Gasteiger partial charge in [0.05, 0.1) is 18.0 Å². The predicted octanol–water partition coefficient (Wildman–Crippen LogP) is 4.55. The summed E-state index contributed by atoms with van der Waals surface area (Å²) >= 11 is 0. The van der Waals surface area contributed by atoms with E-state index in [-0.39, 0.29) is 0 Å². The van der Waals surface area contributed by atoms with E-state index in [1.54, 1.807) is 0 Å². The first-order valence-electron chi connectivity index (χ1n) is 6.83. The highest BCUT2D eigenvalue weighted by Gasteiger charge is 2.10. The van der Waals surface area contributed by atoms with Crippen LogP contribution in [0.25, 0.3) is 10.9 Å². The second kappa shape index (κ2) is 5.40. The molecule has 2 nitrogen and oxygen atoms in total. The van der Waals surface area contributed by atoms with Crippen molar-refractivity contribution >= 4 is 10.9 Å². The van der Waals surface area contributed by atoms with Crippen LogP contribution in [-0.4, -0.2) is 4.98 Å². The summed E-state index contributed by atoms with van der Waals surface area (Å²) in [7, 11) is 0. The van der Waals surface area contributed by atoms with Crippen LogP contribution in [0.5, 0.6) is 0 Å². The van der Waals surface area contributed by atoms with Gasteiger partial charge in [-0.05, 0) is 41.2 Å². The first kappa shape index (κ1) is 13.5. The van der Waals surface area contributed by atoms with Gasteiger partial charge in [-0.2, -0.15) is 5.26 Å². The lowest BCUT2D eigenvalue weighted by Crippen LogP contribution is -1.98. The van der Waals surface area contributed by atoms with Crippen LogP contribution in [0.3, 0.4) is 0 Å². The number of pyridine rings is 1. The molecule has 0 amide bonds. The Balaban J connectivity index is 2.69. The van der Waals surface area contributed by atoms with Crippen molar-refractivity contribution in [1.29, 1.82) is 5.26 Å². The molecule has 0 spiro atoms. The molecule has 0 saturated heterocycles. The summed E-state index contributed by atoms with van der Waals surface area (Å²) in [6, 6.07) is 10.8. The number of fused-ring (bicyclic) bond motifs is 1. The van der Waals surface area contributed by atoms with Gasteiger partial charge in [-0.1, -0.05) is 33.8 Å². The maximum atomic E-state index is 9.02. The van der Waals surface area contributed by atoms with Crippen molar-refractivity contribution in [3.05, 3.63) is 41.1 Å². The number of hydrogen-bond acceptors (Lipinski definition) is 2. The Morgan fingerprint density at radius 3 is 2.42 bits per heavy atom. The number of aromatic nitrogens is 1. The summed E-state index contributed by atoms with van der Waals surface area (Å²) in [5.74, 6) is 0.871. The molecule has 19 heavy (non-hydrogen) atoms. The molecule has 2 rings (SSSR count). The number of nitrogens with zero attached hydrogens (tertiary/aromatic N) is 2. The van der Waals surface area contributed by atoms with Gasteiger partial charge in [0.1, 0.15) is 0 Å². The van der Waals surface area contributed by atoms with Crippen molar-refractivity contribution in [3.63, 3.8) is 0 Å². The van der Waals surface area contributed by atoms with Crippen LogP contribution >= 0.6 is 0 Å². The zero-order chi connectivity index (χ0) is 14.0. The fourth-order valence-electron chi connectivity index (χ4n) is 2.22. The van der Waals surface area contributed by atoms with Crippen LogP contribution in [0.4, 0.5) is 0 Å². The zero-order valence-corrected chi connectivity index (χ0v) is 12.1. The molecule has 2 heteroatoms. The number of nitriles is 1. The van der Waals surface area contributed by atoms with E-state index in [1.807, 2.05) is 0 Å². The van der Waals surface area contributed by atoms with Gasteiger partial charge in [0.25, 0.3) is 0 Å². The second-order valence-corrected chi connectivity index (χ2v) is 5.63. The third-order valence-corrected chi connectivity index (χ3v) is 3.47. The lowest BCUT2D eigenvalue weighted by Gasteiger charge is -2.12. The van der Waals surface area contributed by atoms with Crippen molar-refractivity contribution in [2.24, 2.45) is 0 Å². The summed E-state index contributed by atoms with van der Waals surface area (Å²) in [6.45, 7) is 8.63. The molecule has 0 atom stereocenters. The topological polar surface area (TPSA) is 36.7 Å². The number of hydrogen-bond donors (Lipinski definition) is 0. The molecule has 0 aliphatic heterocycles. The summed E-state index contributed by atoms with van der Waals surface area (Å²) < 4.78 is 0. The minimum atomic E-state index is 0.381. The van der Waals surface area contributed by atoms with Gasteiger partial charge in [0, 0.05) is 11.1 Å². The standard InChI is InChI=1S/C17H20N2/c1-11(2)13-5-6-16-15(9-13)14(7-8-18)10-17(19-16)12(3)4/h5-6,9-12H,7H2,1-4H3. The van der Waals surface area contributed by atoms with Gasteiger partial charge in [0.15, 0.2) is 0 Å². The van der Waals surface area contributed by atoms with Crippen molar-refractivity contribution in [2.45, 2.75) is 46.0 Å². The van der Waals surface area contributed by atoms with Crippen LogP contribution in [-0.2, 0) is 6.42 Å². The predicted molar refractivity (Wildman–Crippen MR) is 79.2 cm³/mol. The fourth-order valence-corrected chi connectivity index (χ4v) is 2.22. The Hall–Kier alpha value is -1.88. The minimum Gasteiger partial charge on any atom is -0.253 e. The van der Waals surface area contributed by atoms with Crippen LogP contribution < -0.4 is 0 Å². The zero-order valence-electron chi connectivity index (χ0n) is 12.1. The number of rotatable bonds is 3. The SMILES string of the molecule is CC(C)c1ccc2nc(C(C)C)cc(CC#N)c2c1.